The number of halogens is 4. The van der Waals surface area contributed by atoms with E-state index in [0.717, 1.165) is 5.56 Å². The van der Waals surface area contributed by atoms with Crippen molar-refractivity contribution in [1.29, 1.82) is 0 Å². The summed E-state index contributed by atoms with van der Waals surface area (Å²) >= 11 is 0. The molecule has 162 valence electrons. The fourth-order valence-electron chi connectivity index (χ4n) is 3.57. The molecule has 4 rings (SSSR count). The Labute approximate surface area is 174 Å². The Bertz CT molecular complexity index is 1160. The maximum absolute atomic E-state index is 13.6. The summed E-state index contributed by atoms with van der Waals surface area (Å²) in [7, 11) is 1.49. The van der Waals surface area contributed by atoms with E-state index in [4.69, 9.17) is 4.74 Å². The van der Waals surface area contributed by atoms with Crippen LogP contribution in [0.15, 0.2) is 41.3 Å². The first kappa shape index (κ1) is 21.0. The lowest BCUT2D eigenvalue weighted by Crippen LogP contribution is -2.36. The first-order valence-electron chi connectivity index (χ1n) is 9.45. The van der Waals surface area contributed by atoms with Crippen LogP contribution in [0.1, 0.15) is 22.6 Å². The van der Waals surface area contributed by atoms with E-state index in [9.17, 15) is 22.4 Å². The van der Waals surface area contributed by atoms with Gasteiger partial charge in [0.25, 0.3) is 5.56 Å². The zero-order chi connectivity index (χ0) is 22.2. The van der Waals surface area contributed by atoms with Gasteiger partial charge in [-0.05, 0) is 29.8 Å². The third kappa shape index (κ3) is 4.43. The third-order valence-corrected chi connectivity index (χ3v) is 5.08. The van der Waals surface area contributed by atoms with Crippen molar-refractivity contribution in [1.82, 2.24) is 19.9 Å². The summed E-state index contributed by atoms with van der Waals surface area (Å²) in [6, 6.07) is 7.75. The summed E-state index contributed by atoms with van der Waals surface area (Å²) < 4.78 is 57.4. The number of pyridine rings is 1. The van der Waals surface area contributed by atoms with Crippen LogP contribution in [0, 0.1) is 5.82 Å². The summed E-state index contributed by atoms with van der Waals surface area (Å²) in [4.78, 5) is 23.9. The summed E-state index contributed by atoms with van der Waals surface area (Å²) in [5.74, 6) is -1.17. The number of benzene rings is 1. The fraction of sp³-hybridized carbons (Fsp3) is 0.286. The van der Waals surface area contributed by atoms with Crippen LogP contribution in [0.4, 0.5) is 17.6 Å². The van der Waals surface area contributed by atoms with E-state index < -0.39 is 23.4 Å². The largest absolute Gasteiger partial charge is 0.496 e. The lowest BCUT2D eigenvalue weighted by atomic mass is 10.1. The molecule has 0 saturated carbocycles. The molecule has 1 aliphatic heterocycles. The van der Waals surface area contributed by atoms with Crippen LogP contribution in [0.25, 0.3) is 11.3 Å². The number of alkyl halides is 3. The number of aromatic amines is 1. The molecular weight excluding hydrogens is 416 g/mol. The molecule has 3 heterocycles. The van der Waals surface area contributed by atoms with Gasteiger partial charge >= 0.3 is 6.18 Å². The molecule has 0 bridgehead atoms. The molecule has 0 spiro atoms. The van der Waals surface area contributed by atoms with Gasteiger partial charge in [0.05, 0.1) is 24.1 Å². The Morgan fingerprint density at radius 3 is 2.71 bits per heavy atom. The molecule has 0 saturated heterocycles. The second-order valence-electron chi connectivity index (χ2n) is 7.19. The lowest BCUT2D eigenvalue weighted by Gasteiger charge is -2.27. The Hall–Kier alpha value is -3.27. The molecule has 0 radical (unpaired) electrons. The highest BCUT2D eigenvalue weighted by Gasteiger charge is 2.35. The molecule has 0 atom stereocenters. The monoisotopic (exact) mass is 434 g/mol. The summed E-state index contributed by atoms with van der Waals surface area (Å²) in [5, 5.41) is 0. The summed E-state index contributed by atoms with van der Waals surface area (Å²) in [6.07, 6.45) is -2.80. The number of hydrogen-bond acceptors (Lipinski definition) is 5. The van der Waals surface area contributed by atoms with Crippen molar-refractivity contribution in [3.05, 3.63) is 75.3 Å². The quantitative estimate of drug-likeness (QED) is 0.636. The van der Waals surface area contributed by atoms with E-state index in [1.807, 2.05) is 16.0 Å². The SMILES string of the molecule is COc1ccc(F)cc1-c1ccc(CN2CCc3nc(C(F)(F)F)[nH]c(=O)c3C2)cn1. The highest BCUT2D eigenvalue weighted by Crippen LogP contribution is 2.30. The number of hydrogen-bond donors (Lipinski definition) is 1. The Kier molecular flexibility index (Phi) is 5.48. The average molecular weight is 434 g/mol. The Balaban J connectivity index is 1.51. The van der Waals surface area contributed by atoms with Gasteiger partial charge in [-0.1, -0.05) is 6.07 Å². The van der Waals surface area contributed by atoms with Gasteiger partial charge in [-0.25, -0.2) is 9.37 Å². The topological polar surface area (TPSA) is 71.1 Å². The lowest BCUT2D eigenvalue weighted by molar-refractivity contribution is -0.145. The van der Waals surface area contributed by atoms with Crippen LogP contribution in [-0.4, -0.2) is 33.5 Å². The molecule has 10 heteroatoms. The highest BCUT2D eigenvalue weighted by atomic mass is 19.4. The van der Waals surface area contributed by atoms with Crippen molar-refractivity contribution < 1.29 is 22.3 Å². The maximum Gasteiger partial charge on any atom is 0.449 e. The standard InChI is InChI=1S/C21H18F4N4O2/c1-31-18-5-3-13(22)8-14(18)16-4-2-12(9-26-16)10-29-7-6-17-15(11-29)19(30)28-20(27-17)21(23,24)25/h2-5,8-9H,6-7,10-11H2,1H3,(H,27,28,30). The number of methoxy groups -OCH3 is 1. The minimum atomic E-state index is -4.69. The zero-order valence-electron chi connectivity index (χ0n) is 16.5. The van der Waals surface area contributed by atoms with E-state index in [1.54, 1.807) is 12.3 Å². The van der Waals surface area contributed by atoms with Gasteiger partial charge in [-0.15, -0.1) is 0 Å². The molecule has 0 amide bonds. The number of fused-ring (bicyclic) bond motifs is 1. The summed E-state index contributed by atoms with van der Waals surface area (Å²) in [6.45, 7) is 1.10. The molecule has 3 aromatic rings. The molecule has 0 fully saturated rings. The van der Waals surface area contributed by atoms with Crippen LogP contribution in [0.5, 0.6) is 5.75 Å². The molecule has 31 heavy (non-hydrogen) atoms. The molecule has 1 aliphatic rings. The normalized spacial score (nSPS) is 14.4. The van der Waals surface area contributed by atoms with Gasteiger partial charge < -0.3 is 9.72 Å². The number of aromatic nitrogens is 3. The van der Waals surface area contributed by atoms with Gasteiger partial charge in [-0.3, -0.25) is 14.7 Å². The van der Waals surface area contributed by atoms with Gasteiger partial charge in [0.2, 0.25) is 5.82 Å². The minimum absolute atomic E-state index is 0.180. The molecular formula is C21H18F4N4O2. The average Bonchev–Trinajstić information content (AvgIpc) is 2.74. The van der Waals surface area contributed by atoms with E-state index in [0.29, 0.717) is 30.1 Å². The van der Waals surface area contributed by atoms with E-state index in [2.05, 4.69) is 9.97 Å². The molecule has 0 aliphatic carbocycles. The van der Waals surface area contributed by atoms with Gasteiger partial charge in [0, 0.05) is 37.8 Å². The molecule has 6 nitrogen and oxygen atoms in total. The molecule has 1 aromatic carbocycles. The number of nitrogens with one attached hydrogen (secondary N) is 1. The van der Waals surface area contributed by atoms with Crippen LogP contribution < -0.4 is 10.3 Å². The van der Waals surface area contributed by atoms with Crippen molar-refractivity contribution in [2.45, 2.75) is 25.7 Å². The fourth-order valence-corrected chi connectivity index (χ4v) is 3.57. The van der Waals surface area contributed by atoms with E-state index >= 15 is 0 Å². The van der Waals surface area contributed by atoms with Crippen molar-refractivity contribution >= 4 is 0 Å². The second-order valence-corrected chi connectivity index (χ2v) is 7.19. The van der Waals surface area contributed by atoms with Crippen molar-refractivity contribution in [3.8, 4) is 17.0 Å². The smallest absolute Gasteiger partial charge is 0.449 e. The predicted octanol–water partition coefficient (Wildman–Crippen LogP) is 3.56. The third-order valence-electron chi connectivity index (χ3n) is 5.08. The predicted molar refractivity (Wildman–Crippen MR) is 104 cm³/mol. The highest BCUT2D eigenvalue weighted by molar-refractivity contribution is 5.67. The van der Waals surface area contributed by atoms with Gasteiger partial charge in [-0.2, -0.15) is 13.2 Å². The molecule has 0 unspecified atom stereocenters. The van der Waals surface area contributed by atoms with Gasteiger partial charge in [0.1, 0.15) is 11.6 Å². The van der Waals surface area contributed by atoms with Crippen LogP contribution in [-0.2, 0) is 25.7 Å². The first-order chi connectivity index (χ1) is 14.7. The Morgan fingerprint density at radius 1 is 1.23 bits per heavy atom. The van der Waals surface area contributed by atoms with Crippen molar-refractivity contribution in [3.63, 3.8) is 0 Å². The van der Waals surface area contributed by atoms with Crippen LogP contribution in [0.2, 0.25) is 0 Å². The second kappa shape index (κ2) is 8.10. The Morgan fingerprint density at radius 2 is 2.03 bits per heavy atom. The number of nitrogens with zero attached hydrogens (tertiary/aromatic N) is 3. The number of rotatable bonds is 4. The minimum Gasteiger partial charge on any atom is -0.496 e. The molecule has 2 aromatic heterocycles. The summed E-state index contributed by atoms with van der Waals surface area (Å²) in [5.41, 5.74) is 1.57. The first-order valence-corrected chi connectivity index (χ1v) is 9.45. The van der Waals surface area contributed by atoms with E-state index in [1.165, 1.54) is 25.3 Å². The maximum atomic E-state index is 13.6. The van der Waals surface area contributed by atoms with Crippen molar-refractivity contribution in [2.75, 3.05) is 13.7 Å². The zero-order valence-corrected chi connectivity index (χ0v) is 16.5. The number of ether oxygens (including phenoxy) is 1. The van der Waals surface area contributed by atoms with E-state index in [-0.39, 0.29) is 24.2 Å². The van der Waals surface area contributed by atoms with Gasteiger partial charge in [0.15, 0.2) is 0 Å². The molecule has 1 N–H and O–H groups in total. The van der Waals surface area contributed by atoms with Crippen molar-refractivity contribution in [2.24, 2.45) is 0 Å². The number of H-pyrrole nitrogens is 1. The van der Waals surface area contributed by atoms with Crippen LogP contribution >= 0.6 is 0 Å². The van der Waals surface area contributed by atoms with Crippen LogP contribution in [0.3, 0.4) is 0 Å².